The molecule has 0 spiro atoms. The van der Waals surface area contributed by atoms with E-state index in [4.69, 9.17) is 0 Å². The summed E-state index contributed by atoms with van der Waals surface area (Å²) in [4.78, 5) is 2.52. The standard InChI is InChI=1S/C58H51N/c1-38-34-42(49-24-14-19-40-17-8-10-21-47(40)49)36-45(35-38)59(44-31-28-41(29-32-44)48-23-13-18-39-16-7-9-20-46(39)48)55-27-12-11-22-50(55)51-25-15-26-53-56(51)52-33-30-43(57(2,3)4)37-54(52)58(53,5)6/h7-33,35-38H,34H2,1-6H3. The van der Waals surface area contributed by atoms with Crippen molar-refractivity contribution in [2.75, 3.05) is 4.90 Å². The summed E-state index contributed by atoms with van der Waals surface area (Å²) in [6.07, 6.45) is 5.92. The molecule has 10 rings (SSSR count). The quantitative estimate of drug-likeness (QED) is 0.163. The molecule has 0 bridgehead atoms. The lowest BCUT2D eigenvalue weighted by atomic mass is 9.79. The molecule has 8 aromatic carbocycles. The van der Waals surface area contributed by atoms with Gasteiger partial charge in [0.05, 0.1) is 5.69 Å². The van der Waals surface area contributed by atoms with Gasteiger partial charge in [-0.3, -0.25) is 0 Å². The average molecular weight is 762 g/mol. The van der Waals surface area contributed by atoms with Crippen molar-refractivity contribution in [3.05, 3.63) is 210 Å². The molecule has 0 saturated carbocycles. The zero-order valence-electron chi connectivity index (χ0n) is 35.1. The minimum atomic E-state index is -0.120. The Labute approximate surface area is 350 Å². The van der Waals surface area contributed by atoms with Gasteiger partial charge in [0.15, 0.2) is 0 Å². The summed E-state index contributed by atoms with van der Waals surface area (Å²) in [7, 11) is 0. The summed E-state index contributed by atoms with van der Waals surface area (Å²) in [6, 6.07) is 63.4. The number of rotatable bonds is 6. The molecule has 8 aromatic rings. The van der Waals surface area contributed by atoms with Crippen molar-refractivity contribution in [2.24, 2.45) is 5.92 Å². The second kappa shape index (κ2) is 14.1. The van der Waals surface area contributed by atoms with Gasteiger partial charge in [-0.1, -0.05) is 199 Å². The fourth-order valence-electron chi connectivity index (χ4n) is 9.88. The third-order valence-corrected chi connectivity index (χ3v) is 12.9. The largest absolute Gasteiger partial charge is 0.310 e. The Morgan fingerprint density at radius 2 is 1.14 bits per heavy atom. The zero-order valence-corrected chi connectivity index (χ0v) is 35.1. The van der Waals surface area contributed by atoms with Gasteiger partial charge in [-0.25, -0.2) is 0 Å². The fourth-order valence-corrected chi connectivity index (χ4v) is 9.88. The van der Waals surface area contributed by atoms with E-state index in [-0.39, 0.29) is 10.8 Å². The monoisotopic (exact) mass is 761 g/mol. The van der Waals surface area contributed by atoms with E-state index in [2.05, 4.69) is 228 Å². The van der Waals surface area contributed by atoms with Crippen molar-refractivity contribution in [3.63, 3.8) is 0 Å². The number of nitrogens with zero attached hydrogens (tertiary/aromatic N) is 1. The molecule has 59 heavy (non-hydrogen) atoms. The number of para-hydroxylation sites is 1. The van der Waals surface area contributed by atoms with Crippen LogP contribution in [0.25, 0.3) is 60.5 Å². The Morgan fingerprint density at radius 3 is 1.86 bits per heavy atom. The molecule has 1 atom stereocenters. The van der Waals surface area contributed by atoms with Gasteiger partial charge in [-0.15, -0.1) is 0 Å². The van der Waals surface area contributed by atoms with Crippen molar-refractivity contribution < 1.29 is 0 Å². The van der Waals surface area contributed by atoms with Crippen molar-refractivity contribution in [1.29, 1.82) is 0 Å². The van der Waals surface area contributed by atoms with Crippen LogP contribution in [0.2, 0.25) is 0 Å². The lowest BCUT2D eigenvalue weighted by molar-refractivity contribution is 0.584. The summed E-state index contributed by atoms with van der Waals surface area (Å²) in [5.74, 6) is 0.347. The van der Waals surface area contributed by atoms with Crippen molar-refractivity contribution in [3.8, 4) is 33.4 Å². The molecule has 1 heteroatoms. The smallest absolute Gasteiger partial charge is 0.0540 e. The Kier molecular flexibility index (Phi) is 8.83. The van der Waals surface area contributed by atoms with Crippen LogP contribution < -0.4 is 4.90 Å². The Balaban J connectivity index is 1.17. The van der Waals surface area contributed by atoms with E-state index in [1.165, 1.54) is 94.1 Å². The highest BCUT2D eigenvalue weighted by atomic mass is 15.1. The molecule has 1 nitrogen and oxygen atoms in total. The molecule has 2 aliphatic carbocycles. The van der Waals surface area contributed by atoms with Gasteiger partial charge in [0.25, 0.3) is 0 Å². The molecule has 1 unspecified atom stereocenters. The normalized spacial score (nSPS) is 15.7. The Hall–Kier alpha value is -6.44. The third-order valence-electron chi connectivity index (χ3n) is 12.9. The molecule has 288 valence electrons. The van der Waals surface area contributed by atoms with Crippen LogP contribution >= 0.6 is 0 Å². The lowest BCUT2D eigenvalue weighted by Gasteiger charge is -2.32. The summed E-state index contributed by atoms with van der Waals surface area (Å²) >= 11 is 0. The van der Waals surface area contributed by atoms with Crippen LogP contribution in [0.3, 0.4) is 0 Å². The first-order valence-corrected chi connectivity index (χ1v) is 21.2. The van der Waals surface area contributed by atoms with E-state index in [1.54, 1.807) is 0 Å². The molecular weight excluding hydrogens is 711 g/mol. The molecule has 2 aliphatic rings. The predicted octanol–water partition coefficient (Wildman–Crippen LogP) is 16.1. The summed E-state index contributed by atoms with van der Waals surface area (Å²) in [5.41, 5.74) is 18.0. The Morgan fingerprint density at radius 1 is 0.542 bits per heavy atom. The molecule has 0 aromatic heterocycles. The van der Waals surface area contributed by atoms with E-state index in [9.17, 15) is 0 Å². The number of hydrogen-bond acceptors (Lipinski definition) is 1. The number of anilines is 2. The van der Waals surface area contributed by atoms with Gasteiger partial charge in [0.1, 0.15) is 0 Å². The summed E-state index contributed by atoms with van der Waals surface area (Å²) in [6.45, 7) is 14.1. The van der Waals surface area contributed by atoms with Crippen LogP contribution in [0.15, 0.2) is 188 Å². The SMILES string of the molecule is CC1C=C(N(c2ccc(-c3cccc4ccccc34)cc2)c2ccccc2-c2cccc3c2-c2ccc(C(C)(C)C)cc2C3(C)C)C=C(c2cccc3ccccc23)C1. The fraction of sp³-hybridized carbons (Fsp3) is 0.172. The number of allylic oxidation sites excluding steroid dienone is 3. The summed E-state index contributed by atoms with van der Waals surface area (Å²) in [5, 5.41) is 5.10. The predicted molar refractivity (Wildman–Crippen MR) is 253 cm³/mol. The van der Waals surface area contributed by atoms with Crippen LogP contribution in [0.1, 0.15) is 70.2 Å². The van der Waals surface area contributed by atoms with E-state index >= 15 is 0 Å². The maximum atomic E-state index is 2.52. The lowest BCUT2D eigenvalue weighted by Crippen LogP contribution is -2.19. The van der Waals surface area contributed by atoms with E-state index in [0.29, 0.717) is 5.92 Å². The van der Waals surface area contributed by atoms with Gasteiger partial charge in [-0.05, 0) is 119 Å². The maximum absolute atomic E-state index is 2.52. The molecule has 0 radical (unpaired) electrons. The van der Waals surface area contributed by atoms with Crippen LogP contribution in [0.4, 0.5) is 11.4 Å². The van der Waals surface area contributed by atoms with Crippen molar-refractivity contribution in [2.45, 2.75) is 58.8 Å². The third kappa shape index (κ3) is 6.32. The molecule has 0 fully saturated rings. The van der Waals surface area contributed by atoms with Crippen LogP contribution in [-0.2, 0) is 10.8 Å². The van der Waals surface area contributed by atoms with Gasteiger partial charge in [0, 0.05) is 22.4 Å². The number of benzene rings is 8. The topological polar surface area (TPSA) is 3.24 Å². The van der Waals surface area contributed by atoms with Gasteiger partial charge in [-0.2, -0.15) is 0 Å². The van der Waals surface area contributed by atoms with Crippen LogP contribution in [0.5, 0.6) is 0 Å². The van der Waals surface area contributed by atoms with Gasteiger partial charge >= 0.3 is 0 Å². The molecule has 0 heterocycles. The zero-order chi connectivity index (χ0) is 40.5. The highest BCUT2D eigenvalue weighted by Crippen LogP contribution is 2.54. The number of hydrogen-bond donors (Lipinski definition) is 0. The molecule has 0 N–H and O–H groups in total. The highest BCUT2D eigenvalue weighted by Gasteiger charge is 2.38. The molecule has 0 amide bonds. The van der Waals surface area contributed by atoms with Gasteiger partial charge in [0.2, 0.25) is 0 Å². The first-order valence-electron chi connectivity index (χ1n) is 21.2. The second-order valence-corrected chi connectivity index (χ2v) is 18.3. The first-order chi connectivity index (χ1) is 28.6. The molecule has 0 aliphatic heterocycles. The Bertz CT molecular complexity index is 2970. The van der Waals surface area contributed by atoms with E-state index < -0.39 is 0 Å². The molecular formula is C58H51N. The number of fused-ring (bicyclic) bond motifs is 5. The van der Waals surface area contributed by atoms with Crippen LogP contribution in [0, 0.1) is 5.92 Å². The van der Waals surface area contributed by atoms with Crippen LogP contribution in [-0.4, -0.2) is 0 Å². The highest BCUT2D eigenvalue weighted by molar-refractivity contribution is 6.00. The second-order valence-electron chi connectivity index (χ2n) is 18.3. The summed E-state index contributed by atoms with van der Waals surface area (Å²) < 4.78 is 0. The minimum absolute atomic E-state index is 0.0717. The van der Waals surface area contributed by atoms with Gasteiger partial charge < -0.3 is 4.90 Å². The average Bonchev–Trinajstić information content (AvgIpc) is 3.49. The minimum Gasteiger partial charge on any atom is -0.310 e. The first kappa shape index (κ1) is 36.9. The van der Waals surface area contributed by atoms with Crippen molar-refractivity contribution in [1.82, 2.24) is 0 Å². The van der Waals surface area contributed by atoms with E-state index in [1.807, 2.05) is 0 Å². The van der Waals surface area contributed by atoms with E-state index in [0.717, 1.165) is 12.1 Å². The maximum Gasteiger partial charge on any atom is 0.0540 e. The van der Waals surface area contributed by atoms with Crippen molar-refractivity contribution >= 4 is 38.5 Å². The molecule has 0 saturated heterocycles.